The van der Waals surface area contributed by atoms with E-state index in [9.17, 15) is 5.21 Å². The lowest BCUT2D eigenvalue weighted by molar-refractivity contribution is -0.161. The Labute approximate surface area is 95.6 Å². The quantitative estimate of drug-likeness (QED) is 0.726. The molecule has 2 aliphatic rings. The van der Waals surface area contributed by atoms with Crippen LogP contribution in [0.15, 0.2) is 24.3 Å². The Kier molecular flexibility index (Phi) is 2.37. The summed E-state index contributed by atoms with van der Waals surface area (Å²) >= 11 is 0. The molecule has 0 saturated carbocycles. The highest BCUT2D eigenvalue weighted by Gasteiger charge is 2.39. The van der Waals surface area contributed by atoms with Crippen molar-refractivity contribution in [2.45, 2.75) is 31.3 Å². The number of para-hydroxylation sites is 1. The number of ether oxygens (including phenoxy) is 1. The van der Waals surface area contributed by atoms with Gasteiger partial charge >= 0.3 is 0 Å². The fourth-order valence-corrected chi connectivity index (χ4v) is 2.82. The van der Waals surface area contributed by atoms with Gasteiger partial charge in [0.05, 0.1) is 6.54 Å². The summed E-state index contributed by atoms with van der Waals surface area (Å²) in [4.78, 5) is 0. The molecular weight excluding hydrogens is 202 g/mol. The van der Waals surface area contributed by atoms with Crippen molar-refractivity contribution in [3.63, 3.8) is 0 Å². The molecule has 1 spiro atoms. The molecule has 1 fully saturated rings. The highest BCUT2D eigenvalue weighted by molar-refractivity contribution is 5.36. The minimum Gasteiger partial charge on any atom is -0.486 e. The van der Waals surface area contributed by atoms with Crippen LogP contribution in [0.25, 0.3) is 0 Å². The minimum atomic E-state index is -0.151. The summed E-state index contributed by atoms with van der Waals surface area (Å²) in [6.45, 7) is 1.41. The van der Waals surface area contributed by atoms with Crippen LogP contribution in [0.3, 0.4) is 0 Å². The lowest BCUT2D eigenvalue weighted by atomic mass is 9.85. The number of rotatable bonds is 0. The smallest absolute Gasteiger partial charge is 0.124 e. The molecule has 3 heteroatoms. The Hall–Kier alpha value is -1.06. The summed E-state index contributed by atoms with van der Waals surface area (Å²) in [6, 6.07) is 8.23. The molecule has 2 aliphatic heterocycles. The Morgan fingerprint density at radius 1 is 1.25 bits per heavy atom. The van der Waals surface area contributed by atoms with Crippen molar-refractivity contribution < 1.29 is 9.94 Å². The van der Waals surface area contributed by atoms with Crippen LogP contribution in [0, 0.1) is 0 Å². The summed E-state index contributed by atoms with van der Waals surface area (Å²) in [5, 5.41) is 11.0. The summed E-state index contributed by atoms with van der Waals surface area (Å²) in [6.07, 6.45) is 4.14. The van der Waals surface area contributed by atoms with E-state index < -0.39 is 0 Å². The van der Waals surface area contributed by atoms with Gasteiger partial charge in [-0.25, -0.2) is 0 Å². The third kappa shape index (κ3) is 1.70. The molecule has 0 bridgehead atoms. The molecule has 0 aliphatic carbocycles. The maximum Gasteiger partial charge on any atom is 0.124 e. The zero-order valence-electron chi connectivity index (χ0n) is 9.35. The van der Waals surface area contributed by atoms with Gasteiger partial charge in [0, 0.05) is 6.54 Å². The van der Waals surface area contributed by atoms with Gasteiger partial charge in [-0.3, -0.25) is 0 Å². The first-order valence-electron chi connectivity index (χ1n) is 5.98. The van der Waals surface area contributed by atoms with E-state index in [1.807, 2.05) is 12.1 Å². The van der Waals surface area contributed by atoms with Gasteiger partial charge in [-0.05, 0) is 37.3 Å². The second kappa shape index (κ2) is 3.75. The summed E-state index contributed by atoms with van der Waals surface area (Å²) in [5.74, 6) is 1.00. The first-order valence-corrected chi connectivity index (χ1v) is 5.98. The summed E-state index contributed by atoms with van der Waals surface area (Å²) in [7, 11) is 0. The van der Waals surface area contributed by atoms with Crippen LogP contribution in [0.1, 0.15) is 24.8 Å². The van der Waals surface area contributed by atoms with Crippen molar-refractivity contribution in [2.75, 3.05) is 13.1 Å². The van der Waals surface area contributed by atoms with Crippen molar-refractivity contribution in [3.8, 4) is 5.75 Å². The Morgan fingerprint density at radius 2 is 2.12 bits per heavy atom. The molecule has 2 heterocycles. The lowest BCUT2D eigenvalue weighted by Crippen LogP contribution is -2.52. The third-order valence-electron chi connectivity index (χ3n) is 3.67. The van der Waals surface area contributed by atoms with Gasteiger partial charge in [0.15, 0.2) is 0 Å². The van der Waals surface area contributed by atoms with Gasteiger partial charge in [-0.2, -0.15) is 5.06 Å². The highest BCUT2D eigenvalue weighted by atomic mass is 16.5. The average molecular weight is 219 g/mol. The van der Waals surface area contributed by atoms with E-state index in [0.29, 0.717) is 6.54 Å². The standard InChI is InChI=1S/C13H17NO2/c15-14-9-3-7-13(10-14)8-6-11-4-1-2-5-12(11)16-13/h1-2,4-5,15H,3,6-10H2. The van der Waals surface area contributed by atoms with Gasteiger partial charge in [0.1, 0.15) is 11.4 Å². The molecule has 86 valence electrons. The zero-order chi connectivity index (χ0) is 11.0. The number of aryl methyl sites for hydroxylation is 1. The Bertz CT molecular complexity index is 393. The molecule has 3 nitrogen and oxygen atoms in total. The largest absolute Gasteiger partial charge is 0.486 e. The minimum absolute atomic E-state index is 0.151. The van der Waals surface area contributed by atoms with Crippen LogP contribution in [-0.4, -0.2) is 29.0 Å². The highest BCUT2D eigenvalue weighted by Crippen LogP contribution is 2.37. The topological polar surface area (TPSA) is 32.7 Å². The fraction of sp³-hybridized carbons (Fsp3) is 0.538. The van der Waals surface area contributed by atoms with Crippen LogP contribution in [0.4, 0.5) is 0 Å². The van der Waals surface area contributed by atoms with Crippen molar-refractivity contribution in [2.24, 2.45) is 0 Å². The van der Waals surface area contributed by atoms with Crippen LogP contribution in [0.5, 0.6) is 5.75 Å². The van der Waals surface area contributed by atoms with Gasteiger partial charge < -0.3 is 9.94 Å². The Balaban J connectivity index is 1.86. The lowest BCUT2D eigenvalue weighted by Gasteiger charge is -2.43. The monoisotopic (exact) mass is 219 g/mol. The average Bonchev–Trinajstić information content (AvgIpc) is 2.28. The Morgan fingerprint density at radius 3 is 3.00 bits per heavy atom. The van der Waals surface area contributed by atoms with E-state index in [2.05, 4.69) is 12.1 Å². The predicted octanol–water partition coefficient (Wildman–Crippen LogP) is 2.24. The number of piperidine rings is 1. The molecular formula is C13H17NO2. The van der Waals surface area contributed by atoms with Crippen molar-refractivity contribution in [1.82, 2.24) is 5.06 Å². The molecule has 1 aromatic carbocycles. The fourth-order valence-electron chi connectivity index (χ4n) is 2.82. The van der Waals surface area contributed by atoms with Gasteiger partial charge in [0.2, 0.25) is 0 Å². The molecule has 1 N–H and O–H groups in total. The number of hydrogen-bond donors (Lipinski definition) is 1. The molecule has 1 unspecified atom stereocenters. The number of benzene rings is 1. The van der Waals surface area contributed by atoms with Crippen LogP contribution in [-0.2, 0) is 6.42 Å². The third-order valence-corrected chi connectivity index (χ3v) is 3.67. The van der Waals surface area contributed by atoms with Crippen molar-refractivity contribution in [3.05, 3.63) is 29.8 Å². The molecule has 1 aromatic rings. The summed E-state index contributed by atoms with van der Waals surface area (Å²) in [5.41, 5.74) is 1.14. The number of hydroxylamine groups is 2. The van der Waals surface area contributed by atoms with Crippen LogP contribution >= 0.6 is 0 Å². The molecule has 16 heavy (non-hydrogen) atoms. The van der Waals surface area contributed by atoms with E-state index >= 15 is 0 Å². The first-order chi connectivity index (χ1) is 7.77. The second-order valence-corrected chi connectivity index (χ2v) is 4.88. The van der Waals surface area contributed by atoms with Crippen molar-refractivity contribution in [1.29, 1.82) is 0 Å². The maximum absolute atomic E-state index is 9.63. The molecule has 1 atom stereocenters. The van der Waals surface area contributed by atoms with E-state index in [4.69, 9.17) is 4.74 Å². The van der Waals surface area contributed by atoms with E-state index in [1.165, 1.54) is 10.6 Å². The number of hydrogen-bond acceptors (Lipinski definition) is 3. The normalized spacial score (nSPS) is 29.8. The number of fused-ring (bicyclic) bond motifs is 1. The van der Waals surface area contributed by atoms with E-state index in [1.54, 1.807) is 0 Å². The zero-order valence-corrected chi connectivity index (χ0v) is 9.35. The molecule has 0 amide bonds. The van der Waals surface area contributed by atoms with Crippen LogP contribution in [0.2, 0.25) is 0 Å². The number of nitrogens with zero attached hydrogens (tertiary/aromatic N) is 1. The summed E-state index contributed by atoms with van der Waals surface area (Å²) < 4.78 is 6.13. The van der Waals surface area contributed by atoms with Crippen molar-refractivity contribution >= 4 is 0 Å². The van der Waals surface area contributed by atoms with Gasteiger partial charge in [-0.1, -0.05) is 18.2 Å². The molecule has 3 rings (SSSR count). The van der Waals surface area contributed by atoms with E-state index in [-0.39, 0.29) is 5.60 Å². The van der Waals surface area contributed by atoms with Gasteiger partial charge in [-0.15, -0.1) is 0 Å². The second-order valence-electron chi connectivity index (χ2n) is 4.88. The molecule has 1 saturated heterocycles. The molecule has 0 radical (unpaired) electrons. The van der Waals surface area contributed by atoms with Crippen LogP contribution < -0.4 is 4.74 Å². The maximum atomic E-state index is 9.63. The van der Waals surface area contributed by atoms with E-state index in [0.717, 1.165) is 38.0 Å². The van der Waals surface area contributed by atoms with Gasteiger partial charge in [0.25, 0.3) is 0 Å². The molecule has 0 aromatic heterocycles. The first kappa shape index (κ1) is 10.1. The SMILES string of the molecule is ON1CCCC2(CCc3ccccc3O2)C1. The predicted molar refractivity (Wildman–Crippen MR) is 60.7 cm³/mol.